The fraction of sp³-hybridized carbons (Fsp3) is 0.647. The van der Waals surface area contributed by atoms with Crippen LogP contribution in [0.25, 0.3) is 0 Å². The van der Waals surface area contributed by atoms with Gasteiger partial charge in [0.2, 0.25) is 0 Å². The zero-order valence-corrected chi connectivity index (χ0v) is 12.7. The molecular formula is C17H29NO. The normalized spacial score (nSPS) is 12.8. The number of hydrogen-bond donors (Lipinski definition) is 2. The van der Waals surface area contributed by atoms with E-state index in [1.54, 1.807) is 12.1 Å². The maximum Gasteiger partial charge on any atom is 0.115 e. The van der Waals surface area contributed by atoms with Crippen molar-refractivity contribution in [2.45, 2.75) is 71.4 Å². The van der Waals surface area contributed by atoms with Gasteiger partial charge in [-0.2, -0.15) is 0 Å². The summed E-state index contributed by atoms with van der Waals surface area (Å²) in [6, 6.07) is 8.78. The van der Waals surface area contributed by atoms with Crippen LogP contribution in [0.1, 0.15) is 58.4 Å². The van der Waals surface area contributed by atoms with Crippen molar-refractivity contribution in [2.24, 2.45) is 0 Å². The Morgan fingerprint density at radius 2 is 1.58 bits per heavy atom. The van der Waals surface area contributed by atoms with Gasteiger partial charge in [-0.3, -0.25) is 0 Å². The van der Waals surface area contributed by atoms with Crippen molar-refractivity contribution in [2.75, 3.05) is 0 Å². The quantitative estimate of drug-likeness (QED) is 0.697. The second kappa shape index (κ2) is 8.98. The molecule has 1 unspecified atom stereocenters. The maximum absolute atomic E-state index is 9.26. The van der Waals surface area contributed by atoms with Crippen LogP contribution in [0.3, 0.4) is 0 Å². The summed E-state index contributed by atoms with van der Waals surface area (Å²) in [5.74, 6) is 0.348. The van der Waals surface area contributed by atoms with E-state index in [4.69, 9.17) is 0 Å². The number of aromatic hydroxyl groups is 1. The van der Waals surface area contributed by atoms with Crippen molar-refractivity contribution in [1.82, 2.24) is 5.32 Å². The molecule has 2 nitrogen and oxygen atoms in total. The van der Waals surface area contributed by atoms with Gasteiger partial charge in [-0.05, 0) is 50.3 Å². The Morgan fingerprint density at radius 1 is 1.00 bits per heavy atom. The van der Waals surface area contributed by atoms with Crippen LogP contribution in [0.15, 0.2) is 24.3 Å². The SMILES string of the molecule is CCCC(CCC)NC(C)CCc1ccc(O)cc1. The van der Waals surface area contributed by atoms with Crippen LogP contribution in [0.4, 0.5) is 0 Å². The van der Waals surface area contributed by atoms with E-state index in [9.17, 15) is 5.11 Å². The standard InChI is InChI=1S/C17H29NO/c1-4-6-16(7-5-2)18-14(3)8-9-15-10-12-17(19)13-11-15/h10-14,16,18-19H,4-9H2,1-3H3. The summed E-state index contributed by atoms with van der Waals surface area (Å²) in [6.07, 6.45) is 7.27. The number of rotatable bonds is 9. The van der Waals surface area contributed by atoms with Crippen molar-refractivity contribution >= 4 is 0 Å². The van der Waals surface area contributed by atoms with Crippen LogP contribution in [0.2, 0.25) is 0 Å². The van der Waals surface area contributed by atoms with Crippen LogP contribution in [-0.2, 0) is 6.42 Å². The van der Waals surface area contributed by atoms with Gasteiger partial charge in [0.05, 0.1) is 0 Å². The topological polar surface area (TPSA) is 32.3 Å². The van der Waals surface area contributed by atoms with Crippen molar-refractivity contribution < 1.29 is 5.11 Å². The van der Waals surface area contributed by atoms with Gasteiger partial charge in [0.15, 0.2) is 0 Å². The van der Waals surface area contributed by atoms with Gasteiger partial charge in [-0.1, -0.05) is 38.8 Å². The van der Waals surface area contributed by atoms with E-state index in [0.29, 0.717) is 17.8 Å². The average Bonchev–Trinajstić information content (AvgIpc) is 2.39. The third kappa shape index (κ3) is 6.63. The largest absolute Gasteiger partial charge is 0.508 e. The number of benzene rings is 1. The molecule has 0 aliphatic rings. The molecule has 1 aromatic rings. The second-order valence-electron chi connectivity index (χ2n) is 5.55. The molecule has 1 rings (SSSR count). The molecule has 0 aliphatic heterocycles. The summed E-state index contributed by atoms with van der Waals surface area (Å²) in [7, 11) is 0. The lowest BCUT2D eigenvalue weighted by Crippen LogP contribution is -2.36. The minimum atomic E-state index is 0.348. The van der Waals surface area contributed by atoms with Crippen LogP contribution in [0, 0.1) is 0 Å². The highest BCUT2D eigenvalue weighted by molar-refractivity contribution is 5.25. The molecule has 0 bridgehead atoms. The highest BCUT2D eigenvalue weighted by atomic mass is 16.3. The van der Waals surface area contributed by atoms with Crippen molar-refractivity contribution in [1.29, 1.82) is 0 Å². The zero-order valence-electron chi connectivity index (χ0n) is 12.7. The second-order valence-corrected chi connectivity index (χ2v) is 5.55. The predicted octanol–water partition coefficient (Wildman–Crippen LogP) is 4.27. The van der Waals surface area contributed by atoms with Gasteiger partial charge >= 0.3 is 0 Å². The number of hydrogen-bond acceptors (Lipinski definition) is 2. The Labute approximate surface area is 118 Å². The van der Waals surface area contributed by atoms with Crippen molar-refractivity contribution in [3.63, 3.8) is 0 Å². The Morgan fingerprint density at radius 3 is 2.11 bits per heavy atom. The molecule has 1 aromatic carbocycles. The van der Waals surface area contributed by atoms with E-state index < -0.39 is 0 Å². The molecule has 0 fully saturated rings. The summed E-state index contributed by atoms with van der Waals surface area (Å²) in [4.78, 5) is 0. The summed E-state index contributed by atoms with van der Waals surface area (Å²) in [5, 5.41) is 13.0. The summed E-state index contributed by atoms with van der Waals surface area (Å²) in [6.45, 7) is 6.79. The molecule has 0 amide bonds. The average molecular weight is 263 g/mol. The van der Waals surface area contributed by atoms with E-state index >= 15 is 0 Å². The predicted molar refractivity (Wildman–Crippen MR) is 82.6 cm³/mol. The monoisotopic (exact) mass is 263 g/mol. The molecule has 108 valence electrons. The lowest BCUT2D eigenvalue weighted by molar-refractivity contribution is 0.384. The highest BCUT2D eigenvalue weighted by Crippen LogP contribution is 2.13. The van der Waals surface area contributed by atoms with Gasteiger partial charge in [0.1, 0.15) is 5.75 Å². The van der Waals surface area contributed by atoms with Gasteiger partial charge in [-0.25, -0.2) is 0 Å². The molecular weight excluding hydrogens is 234 g/mol. The first-order valence-corrected chi connectivity index (χ1v) is 7.69. The molecule has 0 saturated heterocycles. The van der Waals surface area contributed by atoms with Crippen LogP contribution in [0.5, 0.6) is 5.75 Å². The van der Waals surface area contributed by atoms with Crippen LogP contribution in [-0.4, -0.2) is 17.2 Å². The smallest absolute Gasteiger partial charge is 0.115 e. The Balaban J connectivity index is 2.33. The number of phenolic OH excluding ortho intramolecular Hbond substituents is 1. The molecule has 0 radical (unpaired) electrons. The Hall–Kier alpha value is -1.02. The third-order valence-electron chi connectivity index (χ3n) is 3.60. The first-order valence-electron chi connectivity index (χ1n) is 7.69. The van der Waals surface area contributed by atoms with Crippen LogP contribution >= 0.6 is 0 Å². The fourth-order valence-corrected chi connectivity index (χ4v) is 2.54. The molecule has 2 N–H and O–H groups in total. The number of phenols is 1. The van der Waals surface area contributed by atoms with E-state index in [1.807, 2.05) is 12.1 Å². The van der Waals surface area contributed by atoms with E-state index in [1.165, 1.54) is 31.2 Å². The maximum atomic E-state index is 9.26. The molecule has 0 aromatic heterocycles. The van der Waals surface area contributed by atoms with Gasteiger partial charge in [0.25, 0.3) is 0 Å². The van der Waals surface area contributed by atoms with E-state index in [-0.39, 0.29) is 0 Å². The highest BCUT2D eigenvalue weighted by Gasteiger charge is 2.10. The molecule has 0 heterocycles. The molecule has 0 saturated carbocycles. The zero-order chi connectivity index (χ0) is 14.1. The first-order chi connectivity index (χ1) is 9.15. The minimum Gasteiger partial charge on any atom is -0.508 e. The molecule has 19 heavy (non-hydrogen) atoms. The number of aryl methyl sites for hydroxylation is 1. The molecule has 2 heteroatoms. The molecule has 0 aliphatic carbocycles. The number of nitrogens with one attached hydrogen (secondary N) is 1. The lowest BCUT2D eigenvalue weighted by Gasteiger charge is -2.22. The molecule has 0 spiro atoms. The summed E-state index contributed by atoms with van der Waals surface area (Å²) < 4.78 is 0. The summed E-state index contributed by atoms with van der Waals surface area (Å²) >= 11 is 0. The van der Waals surface area contributed by atoms with Crippen molar-refractivity contribution in [3.05, 3.63) is 29.8 Å². The fourth-order valence-electron chi connectivity index (χ4n) is 2.54. The van der Waals surface area contributed by atoms with E-state index in [0.717, 1.165) is 12.8 Å². The van der Waals surface area contributed by atoms with Crippen molar-refractivity contribution in [3.8, 4) is 5.75 Å². The van der Waals surface area contributed by atoms with Gasteiger partial charge in [-0.15, -0.1) is 0 Å². The van der Waals surface area contributed by atoms with Crippen LogP contribution < -0.4 is 5.32 Å². The third-order valence-corrected chi connectivity index (χ3v) is 3.60. The minimum absolute atomic E-state index is 0.348. The Bertz CT molecular complexity index is 328. The first kappa shape index (κ1) is 16.0. The van der Waals surface area contributed by atoms with Gasteiger partial charge < -0.3 is 10.4 Å². The molecule has 1 atom stereocenters. The van der Waals surface area contributed by atoms with Gasteiger partial charge in [0, 0.05) is 12.1 Å². The summed E-state index contributed by atoms with van der Waals surface area (Å²) in [5.41, 5.74) is 1.30. The van der Waals surface area contributed by atoms with E-state index in [2.05, 4.69) is 26.1 Å². The Kier molecular flexibility index (Phi) is 7.57. The lowest BCUT2D eigenvalue weighted by atomic mass is 10.0.